The smallest absolute Gasteiger partial charge is 0.342 e. The highest BCUT2D eigenvalue weighted by atomic mass is 32.2. The second kappa shape index (κ2) is 3.62. The van der Waals surface area contributed by atoms with E-state index in [2.05, 4.69) is 11.0 Å². The molecule has 0 spiro atoms. The first-order valence-corrected chi connectivity index (χ1v) is 5.04. The SMILES string of the molecule is C=CC(C(=O)O)C1=CC=NS(=O)(=O)N1. The van der Waals surface area contributed by atoms with Gasteiger partial charge in [-0.1, -0.05) is 6.08 Å². The molecule has 0 amide bonds. The number of aliphatic carboxylic acids is 1. The summed E-state index contributed by atoms with van der Waals surface area (Å²) in [5.74, 6) is -2.25. The molecule has 0 aliphatic carbocycles. The summed E-state index contributed by atoms with van der Waals surface area (Å²) in [6.07, 6.45) is 3.44. The summed E-state index contributed by atoms with van der Waals surface area (Å²) in [6, 6.07) is 0. The Morgan fingerprint density at radius 2 is 2.36 bits per heavy atom. The summed E-state index contributed by atoms with van der Waals surface area (Å²) in [6.45, 7) is 3.30. The van der Waals surface area contributed by atoms with E-state index in [4.69, 9.17) is 5.11 Å². The predicted molar refractivity (Wildman–Crippen MR) is 50.0 cm³/mol. The maximum absolute atomic E-state index is 10.9. The predicted octanol–water partition coefficient (Wildman–Crippen LogP) is -0.324. The molecule has 0 aromatic carbocycles. The van der Waals surface area contributed by atoms with E-state index < -0.39 is 22.1 Å². The molecular weight excluding hydrogens is 208 g/mol. The maximum Gasteiger partial charge on any atom is 0.342 e. The van der Waals surface area contributed by atoms with Gasteiger partial charge in [0.2, 0.25) is 0 Å². The van der Waals surface area contributed by atoms with Crippen LogP contribution >= 0.6 is 0 Å². The van der Waals surface area contributed by atoms with Crippen LogP contribution in [-0.4, -0.2) is 25.7 Å². The molecular formula is C7H8N2O4S. The molecule has 0 aromatic rings. The molecule has 7 heteroatoms. The number of allylic oxidation sites excluding steroid dienone is 1. The summed E-state index contributed by atoms with van der Waals surface area (Å²) in [4.78, 5) is 10.6. The van der Waals surface area contributed by atoms with E-state index in [1.807, 2.05) is 4.72 Å². The fourth-order valence-corrected chi connectivity index (χ4v) is 1.69. The van der Waals surface area contributed by atoms with Gasteiger partial charge in [0.1, 0.15) is 5.92 Å². The third kappa shape index (κ3) is 2.19. The Labute approximate surface area is 80.8 Å². The fourth-order valence-electron chi connectivity index (χ4n) is 0.928. The second-order valence-corrected chi connectivity index (χ2v) is 3.87. The molecule has 0 saturated heterocycles. The molecule has 0 saturated carbocycles. The standard InChI is InChI=1S/C7H8N2O4S/c1-2-5(7(10)11)6-3-4-8-14(12,13)9-6/h2-5,9H,1H2,(H,10,11). The lowest BCUT2D eigenvalue weighted by molar-refractivity contribution is -0.138. The van der Waals surface area contributed by atoms with Gasteiger partial charge in [0.25, 0.3) is 0 Å². The lowest BCUT2D eigenvalue weighted by Gasteiger charge is -2.15. The third-order valence-electron chi connectivity index (χ3n) is 1.54. The highest BCUT2D eigenvalue weighted by molar-refractivity contribution is 7.88. The van der Waals surface area contributed by atoms with Crippen LogP contribution in [0.1, 0.15) is 0 Å². The molecule has 0 fully saturated rings. The van der Waals surface area contributed by atoms with Gasteiger partial charge in [-0.05, 0) is 6.08 Å². The average Bonchev–Trinajstić information content (AvgIpc) is 2.02. The largest absolute Gasteiger partial charge is 0.481 e. The molecule has 0 aromatic heterocycles. The van der Waals surface area contributed by atoms with Crippen LogP contribution in [0.4, 0.5) is 0 Å². The van der Waals surface area contributed by atoms with Gasteiger partial charge in [0.15, 0.2) is 0 Å². The third-order valence-corrected chi connectivity index (χ3v) is 2.43. The molecule has 6 nitrogen and oxygen atoms in total. The Morgan fingerprint density at radius 3 is 2.79 bits per heavy atom. The Balaban J connectivity index is 3.00. The number of rotatable bonds is 3. The van der Waals surface area contributed by atoms with Crippen molar-refractivity contribution in [3.63, 3.8) is 0 Å². The molecule has 1 atom stereocenters. The number of carbonyl (C=O) groups is 1. The quantitative estimate of drug-likeness (QED) is 0.632. The van der Waals surface area contributed by atoms with Crippen molar-refractivity contribution in [2.45, 2.75) is 0 Å². The molecule has 2 N–H and O–H groups in total. The van der Waals surface area contributed by atoms with Crippen LogP contribution in [0.15, 0.2) is 28.8 Å². The maximum atomic E-state index is 10.9. The average molecular weight is 216 g/mol. The molecule has 1 aliphatic rings. The van der Waals surface area contributed by atoms with E-state index in [1.165, 1.54) is 6.08 Å². The molecule has 14 heavy (non-hydrogen) atoms. The molecule has 76 valence electrons. The van der Waals surface area contributed by atoms with E-state index >= 15 is 0 Å². The molecule has 1 aliphatic heterocycles. The van der Waals surface area contributed by atoms with Crippen molar-refractivity contribution in [2.24, 2.45) is 10.3 Å². The number of hydrogen-bond donors (Lipinski definition) is 2. The highest BCUT2D eigenvalue weighted by Crippen LogP contribution is 2.13. The van der Waals surface area contributed by atoms with Crippen LogP contribution in [0, 0.1) is 5.92 Å². The summed E-state index contributed by atoms with van der Waals surface area (Å²) in [5.41, 5.74) is 0.0301. The minimum atomic E-state index is -3.78. The van der Waals surface area contributed by atoms with Crippen molar-refractivity contribution < 1.29 is 18.3 Å². The Morgan fingerprint density at radius 1 is 1.71 bits per heavy atom. The van der Waals surface area contributed by atoms with Gasteiger partial charge in [-0.15, -0.1) is 6.58 Å². The number of hydrogen-bond acceptors (Lipinski definition) is 3. The van der Waals surface area contributed by atoms with Crippen molar-refractivity contribution in [1.82, 2.24) is 4.72 Å². The van der Waals surface area contributed by atoms with Crippen molar-refractivity contribution in [3.05, 3.63) is 24.4 Å². The van der Waals surface area contributed by atoms with Crippen LogP contribution in [0.25, 0.3) is 0 Å². The summed E-state index contributed by atoms with van der Waals surface area (Å²) >= 11 is 0. The minimum Gasteiger partial charge on any atom is -0.481 e. The number of nitrogens with zero attached hydrogens (tertiary/aromatic N) is 1. The summed E-state index contributed by atoms with van der Waals surface area (Å²) < 4.78 is 27.0. The van der Waals surface area contributed by atoms with Crippen LogP contribution < -0.4 is 4.72 Å². The van der Waals surface area contributed by atoms with Crippen LogP contribution in [0.5, 0.6) is 0 Å². The molecule has 1 heterocycles. The zero-order valence-corrected chi connectivity index (χ0v) is 7.86. The van der Waals surface area contributed by atoms with Gasteiger partial charge >= 0.3 is 16.2 Å². The minimum absolute atomic E-state index is 0.0301. The zero-order chi connectivity index (χ0) is 10.8. The number of carboxylic acid groups (broad SMARTS) is 1. The van der Waals surface area contributed by atoms with E-state index in [0.717, 1.165) is 12.3 Å². The molecule has 1 unspecified atom stereocenters. The van der Waals surface area contributed by atoms with Crippen LogP contribution in [0.3, 0.4) is 0 Å². The van der Waals surface area contributed by atoms with Crippen molar-refractivity contribution in [3.8, 4) is 0 Å². The van der Waals surface area contributed by atoms with Crippen molar-refractivity contribution in [1.29, 1.82) is 0 Å². The second-order valence-electron chi connectivity index (χ2n) is 2.51. The van der Waals surface area contributed by atoms with Gasteiger partial charge in [-0.25, -0.2) is 0 Å². The van der Waals surface area contributed by atoms with Crippen LogP contribution in [-0.2, 0) is 15.0 Å². The lowest BCUT2D eigenvalue weighted by atomic mass is 10.1. The number of carboxylic acids is 1. The topological polar surface area (TPSA) is 95.8 Å². The molecule has 0 bridgehead atoms. The van der Waals surface area contributed by atoms with Crippen molar-refractivity contribution >= 4 is 22.4 Å². The van der Waals surface area contributed by atoms with Gasteiger partial charge in [-0.3, -0.25) is 9.52 Å². The van der Waals surface area contributed by atoms with Crippen molar-refractivity contribution in [2.75, 3.05) is 0 Å². The van der Waals surface area contributed by atoms with E-state index in [-0.39, 0.29) is 5.70 Å². The molecule has 1 rings (SSSR count). The van der Waals surface area contributed by atoms with Crippen LogP contribution in [0.2, 0.25) is 0 Å². The van der Waals surface area contributed by atoms with Gasteiger partial charge in [-0.2, -0.15) is 12.8 Å². The first-order chi connectivity index (χ1) is 6.46. The van der Waals surface area contributed by atoms with E-state index in [9.17, 15) is 13.2 Å². The first kappa shape index (κ1) is 10.5. The van der Waals surface area contributed by atoms with E-state index in [0.29, 0.717) is 0 Å². The number of nitrogens with one attached hydrogen (secondary N) is 1. The monoisotopic (exact) mass is 216 g/mol. The lowest BCUT2D eigenvalue weighted by Crippen LogP contribution is -2.30. The molecule has 0 radical (unpaired) electrons. The Hall–Kier alpha value is -1.63. The van der Waals surface area contributed by atoms with Gasteiger partial charge in [0, 0.05) is 11.9 Å². The normalized spacial score (nSPS) is 20.4. The first-order valence-electron chi connectivity index (χ1n) is 3.60. The summed E-state index contributed by atoms with van der Waals surface area (Å²) in [7, 11) is -3.78. The van der Waals surface area contributed by atoms with Gasteiger partial charge < -0.3 is 5.11 Å². The van der Waals surface area contributed by atoms with Gasteiger partial charge in [0.05, 0.1) is 0 Å². The zero-order valence-electron chi connectivity index (χ0n) is 7.04. The van der Waals surface area contributed by atoms with E-state index in [1.54, 1.807) is 0 Å². The Bertz CT molecular complexity index is 421. The highest BCUT2D eigenvalue weighted by Gasteiger charge is 2.23. The summed E-state index contributed by atoms with van der Waals surface area (Å²) in [5, 5.41) is 8.70. The fraction of sp³-hybridized carbons (Fsp3) is 0.143. The Kier molecular flexibility index (Phi) is 2.70.